The second-order valence-corrected chi connectivity index (χ2v) is 7.52. The third-order valence-electron chi connectivity index (χ3n) is 4.97. The summed E-state index contributed by atoms with van der Waals surface area (Å²) in [4.78, 5) is 15.3. The Morgan fingerprint density at radius 2 is 1.82 bits per heavy atom. The van der Waals surface area contributed by atoms with E-state index in [0.717, 1.165) is 12.1 Å². The molecular weight excluding hydrogens is 451 g/mol. The van der Waals surface area contributed by atoms with Crippen molar-refractivity contribution in [1.82, 2.24) is 4.98 Å². The first kappa shape index (κ1) is 25.0. The van der Waals surface area contributed by atoms with Gasteiger partial charge in [0.05, 0.1) is 23.6 Å². The average molecular weight is 475 g/mol. The van der Waals surface area contributed by atoms with Gasteiger partial charge in [0.1, 0.15) is 17.6 Å². The van der Waals surface area contributed by atoms with E-state index >= 15 is 0 Å². The van der Waals surface area contributed by atoms with Crippen LogP contribution in [0.1, 0.15) is 29.3 Å². The number of alkyl halides is 3. The van der Waals surface area contributed by atoms with E-state index in [2.05, 4.69) is 4.98 Å². The fraction of sp³-hybridized carbons (Fsp3) is 0.280. The molecule has 0 spiro atoms. The molecular formula is C25H24F3NO5. The highest BCUT2D eigenvalue weighted by Crippen LogP contribution is 2.32. The number of carbonyl (C=O) groups is 1. The lowest BCUT2D eigenvalue weighted by Gasteiger charge is -2.20. The number of methoxy groups -OCH3 is 1. The first-order chi connectivity index (χ1) is 16.2. The van der Waals surface area contributed by atoms with Gasteiger partial charge in [0.2, 0.25) is 0 Å². The van der Waals surface area contributed by atoms with Gasteiger partial charge in [0, 0.05) is 19.1 Å². The van der Waals surface area contributed by atoms with E-state index in [1.165, 1.54) is 12.1 Å². The Hall–Kier alpha value is -3.59. The van der Waals surface area contributed by atoms with Crippen LogP contribution in [0.15, 0.2) is 60.7 Å². The number of benzene rings is 2. The second kappa shape index (κ2) is 11.0. The molecule has 1 heterocycles. The minimum Gasteiger partial charge on any atom is -0.484 e. The molecule has 9 heteroatoms. The largest absolute Gasteiger partial charge is 0.484 e. The van der Waals surface area contributed by atoms with Gasteiger partial charge in [-0.2, -0.15) is 13.2 Å². The molecule has 2 aromatic carbocycles. The summed E-state index contributed by atoms with van der Waals surface area (Å²) < 4.78 is 55.2. The molecule has 0 amide bonds. The molecule has 3 rings (SSSR count). The Morgan fingerprint density at radius 1 is 1.09 bits per heavy atom. The Bertz CT molecular complexity index is 1120. The van der Waals surface area contributed by atoms with Crippen molar-refractivity contribution in [2.75, 3.05) is 20.3 Å². The molecule has 1 unspecified atom stereocenters. The maximum Gasteiger partial charge on any atom is 0.416 e. The molecule has 1 atom stereocenters. The van der Waals surface area contributed by atoms with Crippen molar-refractivity contribution < 1.29 is 37.3 Å². The Morgan fingerprint density at radius 3 is 2.44 bits per heavy atom. The lowest BCUT2D eigenvalue weighted by molar-refractivity contribution is -0.139. The predicted octanol–water partition coefficient (Wildman–Crippen LogP) is 5.70. The van der Waals surface area contributed by atoms with Crippen molar-refractivity contribution in [2.24, 2.45) is 0 Å². The van der Waals surface area contributed by atoms with Crippen LogP contribution in [0.3, 0.4) is 0 Å². The van der Waals surface area contributed by atoms with E-state index in [-0.39, 0.29) is 0 Å². The monoisotopic (exact) mass is 475 g/mol. The van der Waals surface area contributed by atoms with Crippen molar-refractivity contribution in [2.45, 2.75) is 25.6 Å². The molecule has 0 saturated heterocycles. The summed E-state index contributed by atoms with van der Waals surface area (Å²) in [5, 5.41) is 8.78. The number of nitrogens with zero attached hydrogens (tertiary/aromatic N) is 1. The molecule has 3 aromatic rings. The van der Waals surface area contributed by atoms with E-state index in [9.17, 15) is 18.0 Å². The number of hydrogen-bond acceptors (Lipinski definition) is 5. The molecule has 0 aliphatic rings. The van der Waals surface area contributed by atoms with E-state index in [4.69, 9.17) is 19.3 Å². The van der Waals surface area contributed by atoms with Crippen molar-refractivity contribution in [3.05, 3.63) is 77.5 Å². The molecule has 1 aromatic heterocycles. The Labute approximate surface area is 194 Å². The number of halogens is 3. The van der Waals surface area contributed by atoms with Crippen LogP contribution in [0.5, 0.6) is 11.5 Å². The average Bonchev–Trinajstić information content (AvgIpc) is 2.80. The number of hydrogen-bond donors (Lipinski definition) is 1. The molecule has 1 N–H and O–H groups in total. The molecule has 180 valence electrons. The third-order valence-corrected chi connectivity index (χ3v) is 4.97. The van der Waals surface area contributed by atoms with Crippen LogP contribution in [0, 0.1) is 6.92 Å². The lowest BCUT2D eigenvalue weighted by atomic mass is 10.1. The summed E-state index contributed by atoms with van der Waals surface area (Å²) in [6.07, 6.45) is -4.41. The smallest absolute Gasteiger partial charge is 0.416 e. The molecule has 34 heavy (non-hydrogen) atoms. The van der Waals surface area contributed by atoms with Crippen LogP contribution in [-0.4, -0.2) is 36.4 Å². The summed E-state index contributed by atoms with van der Waals surface area (Å²) in [6.45, 7) is 1.73. The van der Waals surface area contributed by atoms with Gasteiger partial charge >= 0.3 is 12.1 Å². The third kappa shape index (κ3) is 6.71. The molecule has 0 aliphatic heterocycles. The normalized spacial score (nSPS) is 12.3. The molecule has 6 nitrogen and oxygen atoms in total. The Kier molecular flexibility index (Phi) is 8.12. The number of rotatable bonds is 10. The summed E-state index contributed by atoms with van der Waals surface area (Å²) in [6, 6.07) is 15.1. The molecule has 0 radical (unpaired) electrons. The number of aliphatic carboxylic acids is 1. The highest BCUT2D eigenvalue weighted by Gasteiger charge is 2.30. The van der Waals surface area contributed by atoms with Gasteiger partial charge in [0.25, 0.3) is 0 Å². The van der Waals surface area contributed by atoms with Crippen LogP contribution in [0.2, 0.25) is 0 Å². The number of carboxylic acids is 1. The number of ether oxygens (including phenoxy) is 3. The van der Waals surface area contributed by atoms with Gasteiger partial charge in [-0.25, -0.2) is 9.78 Å². The van der Waals surface area contributed by atoms with Gasteiger partial charge in [0.15, 0.2) is 6.61 Å². The standard InChI is InChI=1S/C25H24F3NO5/c1-16-14-19(10-11-22(16)33-15-24(30)31)34-23(12-13-32-2)21-5-3-4-20(29-21)17-6-8-18(9-7-17)25(26,27)28/h3-11,14,23H,12-13,15H2,1-2H3,(H,30,31). The van der Waals surface area contributed by atoms with E-state index in [0.29, 0.717) is 47.0 Å². The lowest BCUT2D eigenvalue weighted by Crippen LogP contribution is -2.13. The zero-order chi connectivity index (χ0) is 24.7. The summed E-state index contributed by atoms with van der Waals surface area (Å²) in [7, 11) is 1.57. The Balaban J connectivity index is 1.83. The van der Waals surface area contributed by atoms with Crippen LogP contribution < -0.4 is 9.47 Å². The van der Waals surface area contributed by atoms with E-state index in [1.807, 2.05) is 0 Å². The van der Waals surface area contributed by atoms with E-state index < -0.39 is 30.4 Å². The summed E-state index contributed by atoms with van der Waals surface area (Å²) in [5.74, 6) is -0.105. The van der Waals surface area contributed by atoms with Gasteiger partial charge in [-0.05, 0) is 55.0 Å². The molecule has 0 saturated carbocycles. The zero-order valence-electron chi connectivity index (χ0n) is 18.6. The van der Waals surface area contributed by atoms with Gasteiger partial charge in [-0.1, -0.05) is 18.2 Å². The molecule has 0 aliphatic carbocycles. The first-order valence-corrected chi connectivity index (χ1v) is 10.4. The maximum absolute atomic E-state index is 12.9. The highest BCUT2D eigenvalue weighted by molar-refractivity contribution is 5.68. The first-order valence-electron chi connectivity index (χ1n) is 10.4. The fourth-order valence-electron chi connectivity index (χ4n) is 3.27. The number of aromatic nitrogens is 1. The van der Waals surface area contributed by atoms with Gasteiger partial charge in [-0.15, -0.1) is 0 Å². The van der Waals surface area contributed by atoms with Crippen molar-refractivity contribution in [1.29, 1.82) is 0 Å². The topological polar surface area (TPSA) is 77.9 Å². The number of aryl methyl sites for hydroxylation is 1. The fourth-order valence-corrected chi connectivity index (χ4v) is 3.27. The minimum atomic E-state index is -4.40. The van der Waals surface area contributed by atoms with Crippen LogP contribution in [0.4, 0.5) is 13.2 Å². The predicted molar refractivity (Wildman–Crippen MR) is 119 cm³/mol. The number of pyridine rings is 1. The maximum atomic E-state index is 12.9. The quantitative estimate of drug-likeness (QED) is 0.406. The van der Waals surface area contributed by atoms with Crippen molar-refractivity contribution in [3.8, 4) is 22.8 Å². The highest BCUT2D eigenvalue weighted by atomic mass is 19.4. The van der Waals surface area contributed by atoms with Crippen molar-refractivity contribution in [3.63, 3.8) is 0 Å². The van der Waals surface area contributed by atoms with E-state index in [1.54, 1.807) is 50.4 Å². The summed E-state index contributed by atoms with van der Waals surface area (Å²) >= 11 is 0. The molecule has 0 fully saturated rings. The second-order valence-electron chi connectivity index (χ2n) is 7.52. The minimum absolute atomic E-state index is 0.398. The van der Waals surface area contributed by atoms with Crippen LogP contribution in [0.25, 0.3) is 11.3 Å². The van der Waals surface area contributed by atoms with Gasteiger partial charge in [-0.3, -0.25) is 0 Å². The van der Waals surface area contributed by atoms with Crippen molar-refractivity contribution >= 4 is 5.97 Å². The van der Waals surface area contributed by atoms with Gasteiger partial charge < -0.3 is 19.3 Å². The SMILES string of the molecule is COCCC(Oc1ccc(OCC(=O)O)c(C)c1)c1cccc(-c2ccc(C(F)(F)F)cc2)n1. The van der Waals surface area contributed by atoms with Crippen LogP contribution in [-0.2, 0) is 15.7 Å². The summed E-state index contributed by atoms with van der Waals surface area (Å²) in [5.41, 5.74) is 1.65. The number of carboxylic acid groups (broad SMARTS) is 1. The zero-order valence-corrected chi connectivity index (χ0v) is 18.6. The van der Waals surface area contributed by atoms with Crippen LogP contribution >= 0.6 is 0 Å². The molecule has 0 bridgehead atoms.